The molecule has 2 N–H and O–H groups in total. The third-order valence-corrected chi connectivity index (χ3v) is 5.33. The molecule has 144 valence electrons. The number of ether oxygens (including phenoxy) is 1. The Kier molecular flexibility index (Phi) is 4.63. The van der Waals surface area contributed by atoms with Crippen LogP contribution in [0, 0.1) is 0 Å². The number of pyridine rings is 1. The summed E-state index contributed by atoms with van der Waals surface area (Å²) in [4.78, 5) is 7.79. The zero-order chi connectivity index (χ0) is 19.7. The molecule has 10 heteroatoms. The number of H-pyrrole nitrogens is 2. The molecule has 3 heterocycles. The van der Waals surface area contributed by atoms with Crippen LogP contribution < -0.4 is 4.74 Å². The van der Waals surface area contributed by atoms with Crippen molar-refractivity contribution in [3.05, 3.63) is 60.4 Å². The number of alkyl halides is 3. The lowest BCUT2D eigenvalue weighted by Crippen LogP contribution is -2.17. The lowest BCUT2D eigenvalue weighted by atomic mass is 10.2. The second-order valence-electron chi connectivity index (χ2n) is 5.90. The molecule has 0 spiro atoms. The Morgan fingerprint density at radius 1 is 1.14 bits per heavy atom. The average Bonchev–Trinajstić information content (AvgIpc) is 3.28. The average molecular weight is 406 g/mol. The second-order valence-corrected chi connectivity index (χ2v) is 7.35. The van der Waals surface area contributed by atoms with Crippen molar-refractivity contribution in [2.24, 2.45) is 0 Å². The van der Waals surface area contributed by atoms with E-state index in [4.69, 9.17) is 0 Å². The normalized spacial score (nSPS) is 13.0. The summed E-state index contributed by atoms with van der Waals surface area (Å²) < 4.78 is 53.1. The number of fused-ring (bicyclic) bond motifs is 1. The molecule has 0 radical (unpaired) electrons. The molecule has 3 aromatic heterocycles. The highest BCUT2D eigenvalue weighted by atomic mass is 32.2. The van der Waals surface area contributed by atoms with E-state index in [0.29, 0.717) is 21.8 Å². The second kappa shape index (κ2) is 7.12. The fourth-order valence-electron chi connectivity index (χ4n) is 2.73. The zero-order valence-corrected chi connectivity index (χ0v) is 15.0. The minimum atomic E-state index is -4.74. The van der Waals surface area contributed by atoms with E-state index in [1.807, 2.05) is 6.07 Å². The van der Waals surface area contributed by atoms with Gasteiger partial charge < -0.3 is 9.72 Å². The first-order valence-corrected chi connectivity index (χ1v) is 9.42. The number of aromatic amines is 2. The molecular formula is C18H13F3N4O2S. The maximum Gasteiger partial charge on any atom is 0.573 e. The number of rotatable bonds is 5. The molecule has 0 aliphatic heterocycles. The Balaban J connectivity index is 1.49. The van der Waals surface area contributed by atoms with E-state index in [0.717, 1.165) is 11.1 Å². The molecule has 0 aliphatic rings. The topological polar surface area (TPSA) is 83.7 Å². The van der Waals surface area contributed by atoms with E-state index in [1.165, 1.54) is 24.3 Å². The monoisotopic (exact) mass is 406 g/mol. The molecule has 1 atom stereocenters. The quantitative estimate of drug-likeness (QED) is 0.521. The molecule has 0 amide bonds. The molecule has 0 saturated heterocycles. The van der Waals surface area contributed by atoms with Gasteiger partial charge in [0.2, 0.25) is 0 Å². The first-order valence-electron chi connectivity index (χ1n) is 8.10. The van der Waals surface area contributed by atoms with Gasteiger partial charge in [0, 0.05) is 17.8 Å². The Bertz CT molecular complexity index is 1140. The van der Waals surface area contributed by atoms with Crippen LogP contribution in [0.2, 0.25) is 0 Å². The van der Waals surface area contributed by atoms with E-state index in [1.54, 1.807) is 24.5 Å². The molecule has 28 heavy (non-hydrogen) atoms. The maximum absolute atomic E-state index is 12.6. The van der Waals surface area contributed by atoms with Gasteiger partial charge in [0.15, 0.2) is 5.65 Å². The molecule has 6 nitrogen and oxygen atoms in total. The molecule has 0 bridgehead atoms. The molecule has 1 aromatic carbocycles. The van der Waals surface area contributed by atoms with Gasteiger partial charge in [-0.15, -0.1) is 13.2 Å². The van der Waals surface area contributed by atoms with Crippen LogP contribution in [-0.4, -0.2) is 30.7 Å². The summed E-state index contributed by atoms with van der Waals surface area (Å²) in [5.41, 5.74) is 2.66. The first-order chi connectivity index (χ1) is 13.4. The largest absolute Gasteiger partial charge is 0.573 e. The fraction of sp³-hybridized carbons (Fsp3) is 0.111. The molecule has 0 aliphatic carbocycles. The van der Waals surface area contributed by atoms with Crippen molar-refractivity contribution in [3.8, 4) is 17.1 Å². The van der Waals surface area contributed by atoms with Gasteiger partial charge in [-0.2, -0.15) is 5.10 Å². The molecule has 4 aromatic rings. The van der Waals surface area contributed by atoms with Crippen molar-refractivity contribution in [1.82, 2.24) is 20.2 Å². The third-order valence-electron chi connectivity index (χ3n) is 3.97. The highest BCUT2D eigenvalue weighted by Gasteiger charge is 2.30. The van der Waals surface area contributed by atoms with Crippen LogP contribution in [-0.2, 0) is 16.6 Å². The van der Waals surface area contributed by atoms with Crippen molar-refractivity contribution >= 4 is 21.8 Å². The summed E-state index contributed by atoms with van der Waals surface area (Å²) in [5.74, 6) is -0.153. The third kappa shape index (κ3) is 3.91. The summed E-state index contributed by atoms with van der Waals surface area (Å²) in [6.45, 7) is 0. The van der Waals surface area contributed by atoms with E-state index < -0.39 is 17.2 Å². The zero-order valence-electron chi connectivity index (χ0n) is 14.2. The molecule has 0 saturated carbocycles. The minimum absolute atomic E-state index is 0.162. The van der Waals surface area contributed by atoms with Crippen LogP contribution in [0.5, 0.6) is 5.75 Å². The van der Waals surface area contributed by atoms with Gasteiger partial charge in [-0.1, -0.05) is 12.1 Å². The van der Waals surface area contributed by atoms with E-state index in [-0.39, 0.29) is 11.5 Å². The molecular weight excluding hydrogens is 393 g/mol. The van der Waals surface area contributed by atoms with Crippen LogP contribution in [0.3, 0.4) is 0 Å². The Labute approximate surface area is 159 Å². The SMILES string of the molecule is O=S(Cc1ccc(OC(F)(F)F)cc1)c1c[nH]c(-c2[nH]nc3ncccc23)c1. The molecule has 0 fully saturated rings. The Morgan fingerprint density at radius 3 is 2.68 bits per heavy atom. The standard InChI is InChI=1S/C18H13F3N4O2S/c19-18(20,21)27-12-5-3-11(4-6-12)10-28(26)13-8-15(23-9-13)16-14-2-1-7-22-17(14)25-24-16/h1-9,23H,10H2,(H,22,24,25). The lowest BCUT2D eigenvalue weighted by molar-refractivity contribution is -0.274. The van der Waals surface area contributed by atoms with Crippen LogP contribution in [0.15, 0.2) is 59.8 Å². The van der Waals surface area contributed by atoms with Gasteiger partial charge in [0.05, 0.1) is 32.8 Å². The van der Waals surface area contributed by atoms with Crippen LogP contribution in [0.1, 0.15) is 5.56 Å². The van der Waals surface area contributed by atoms with E-state index >= 15 is 0 Å². The van der Waals surface area contributed by atoms with Crippen LogP contribution in [0.25, 0.3) is 22.4 Å². The summed E-state index contributed by atoms with van der Waals surface area (Å²) in [6, 6.07) is 10.7. The van der Waals surface area contributed by atoms with E-state index in [9.17, 15) is 17.4 Å². The Morgan fingerprint density at radius 2 is 1.93 bits per heavy atom. The van der Waals surface area contributed by atoms with Crippen molar-refractivity contribution < 1.29 is 22.1 Å². The predicted octanol–water partition coefficient (Wildman–Crippen LogP) is 4.16. The molecule has 4 rings (SSSR count). The summed E-state index contributed by atoms with van der Waals surface area (Å²) >= 11 is 0. The van der Waals surface area contributed by atoms with Gasteiger partial charge in [0.1, 0.15) is 5.75 Å². The predicted molar refractivity (Wildman–Crippen MR) is 96.9 cm³/mol. The number of halogens is 3. The number of aromatic nitrogens is 4. The van der Waals surface area contributed by atoms with Crippen molar-refractivity contribution in [2.75, 3.05) is 0 Å². The minimum Gasteiger partial charge on any atom is -0.406 e. The van der Waals surface area contributed by atoms with E-state index in [2.05, 4.69) is 24.9 Å². The first kappa shape index (κ1) is 18.2. The Hall–Kier alpha value is -3.14. The number of hydrogen-bond donors (Lipinski definition) is 2. The molecule has 1 unspecified atom stereocenters. The van der Waals surface area contributed by atoms with Crippen molar-refractivity contribution in [3.63, 3.8) is 0 Å². The summed E-state index contributed by atoms with van der Waals surface area (Å²) in [6.07, 6.45) is -1.46. The van der Waals surface area contributed by atoms with Crippen LogP contribution >= 0.6 is 0 Å². The smallest absolute Gasteiger partial charge is 0.406 e. The number of hydrogen-bond acceptors (Lipinski definition) is 4. The number of nitrogens with zero attached hydrogens (tertiary/aromatic N) is 2. The van der Waals surface area contributed by atoms with Gasteiger partial charge in [-0.25, -0.2) is 4.98 Å². The highest BCUT2D eigenvalue weighted by Crippen LogP contribution is 2.27. The van der Waals surface area contributed by atoms with Gasteiger partial charge in [0.25, 0.3) is 0 Å². The summed E-state index contributed by atoms with van der Waals surface area (Å²) in [7, 11) is -1.38. The van der Waals surface area contributed by atoms with Crippen LogP contribution in [0.4, 0.5) is 13.2 Å². The van der Waals surface area contributed by atoms with Crippen molar-refractivity contribution in [2.45, 2.75) is 17.0 Å². The maximum atomic E-state index is 12.6. The highest BCUT2D eigenvalue weighted by molar-refractivity contribution is 7.84. The van der Waals surface area contributed by atoms with Gasteiger partial charge in [-0.3, -0.25) is 9.31 Å². The van der Waals surface area contributed by atoms with Gasteiger partial charge in [-0.05, 0) is 35.9 Å². The number of benzene rings is 1. The fourth-order valence-corrected chi connectivity index (χ4v) is 3.83. The van der Waals surface area contributed by atoms with Gasteiger partial charge >= 0.3 is 6.36 Å². The summed E-state index contributed by atoms with van der Waals surface area (Å²) in [5, 5.41) is 7.87. The number of nitrogens with one attached hydrogen (secondary N) is 2. The lowest BCUT2D eigenvalue weighted by Gasteiger charge is -2.09. The van der Waals surface area contributed by atoms with Crippen molar-refractivity contribution in [1.29, 1.82) is 0 Å².